The molecule has 1 aliphatic rings. The fraction of sp³-hybridized carbons (Fsp3) is 0.211. The fourth-order valence-corrected chi connectivity index (χ4v) is 4.25. The number of rotatable bonds is 4. The van der Waals surface area contributed by atoms with E-state index >= 15 is 0 Å². The van der Waals surface area contributed by atoms with Crippen LogP contribution in [-0.4, -0.2) is 17.1 Å². The van der Waals surface area contributed by atoms with E-state index in [4.69, 9.17) is 4.74 Å². The van der Waals surface area contributed by atoms with Crippen molar-refractivity contribution in [1.82, 2.24) is 10.3 Å². The lowest BCUT2D eigenvalue weighted by molar-refractivity contribution is 0.0289. The zero-order valence-corrected chi connectivity index (χ0v) is 14.4. The van der Waals surface area contributed by atoms with Crippen LogP contribution in [0.25, 0.3) is 0 Å². The second kappa shape index (κ2) is 6.22. The Bertz CT molecular complexity index is 897. The first-order valence-corrected chi connectivity index (χ1v) is 8.83. The molecule has 1 aliphatic heterocycles. The average molecular weight is 356 g/mol. The molecule has 0 spiro atoms. The Morgan fingerprint density at radius 3 is 2.80 bits per heavy atom. The number of aromatic nitrogens is 1. The molecule has 1 unspecified atom stereocenters. The van der Waals surface area contributed by atoms with Gasteiger partial charge in [-0.2, -0.15) is 0 Å². The van der Waals surface area contributed by atoms with Crippen LogP contribution in [0, 0.1) is 5.82 Å². The minimum absolute atomic E-state index is 0.160. The minimum Gasteiger partial charge on any atom is -0.506 e. The highest BCUT2D eigenvalue weighted by atomic mass is 32.1. The predicted octanol–water partition coefficient (Wildman–Crippen LogP) is 3.53. The number of ether oxygens (including phenoxy) is 1. The molecular weight excluding hydrogens is 339 g/mol. The molecule has 0 bridgehead atoms. The molecule has 4 rings (SSSR count). The zero-order chi connectivity index (χ0) is 17.4. The summed E-state index contributed by atoms with van der Waals surface area (Å²) < 4.78 is 19.7. The van der Waals surface area contributed by atoms with Gasteiger partial charge in [0.2, 0.25) is 0 Å². The minimum atomic E-state index is -0.875. The van der Waals surface area contributed by atoms with Crippen LogP contribution in [0.4, 0.5) is 4.39 Å². The summed E-state index contributed by atoms with van der Waals surface area (Å²) in [6, 6.07) is 10.2. The number of nitrogens with one attached hydrogen (secondary N) is 1. The van der Waals surface area contributed by atoms with Crippen molar-refractivity contribution in [2.24, 2.45) is 0 Å². The number of hydrogen-bond donors (Lipinski definition) is 2. The topological polar surface area (TPSA) is 54.4 Å². The van der Waals surface area contributed by atoms with Gasteiger partial charge >= 0.3 is 0 Å². The van der Waals surface area contributed by atoms with E-state index in [1.54, 1.807) is 36.7 Å². The molecule has 128 valence electrons. The lowest BCUT2D eigenvalue weighted by atomic mass is 9.85. The Hall–Kier alpha value is -2.28. The Kier molecular flexibility index (Phi) is 4.03. The van der Waals surface area contributed by atoms with Gasteiger partial charge in [0.15, 0.2) is 5.60 Å². The first-order chi connectivity index (χ1) is 12.2. The number of fused-ring (bicyclic) bond motifs is 1. The van der Waals surface area contributed by atoms with Gasteiger partial charge in [0, 0.05) is 28.7 Å². The number of thiophene rings is 1. The normalized spacial score (nSPS) is 19.1. The van der Waals surface area contributed by atoms with Gasteiger partial charge in [0.25, 0.3) is 0 Å². The number of hydrogen-bond acceptors (Lipinski definition) is 5. The number of halogens is 1. The first kappa shape index (κ1) is 16.2. The summed E-state index contributed by atoms with van der Waals surface area (Å²) in [5.74, 6) is -0.138. The highest BCUT2D eigenvalue weighted by molar-refractivity contribution is 7.10. The molecule has 2 aromatic heterocycles. The van der Waals surface area contributed by atoms with Crippen LogP contribution in [0.15, 0.2) is 48.0 Å². The van der Waals surface area contributed by atoms with Gasteiger partial charge in [-0.15, -0.1) is 11.3 Å². The molecule has 0 radical (unpaired) electrons. The van der Waals surface area contributed by atoms with E-state index in [2.05, 4.69) is 10.3 Å². The molecule has 6 heteroatoms. The Labute approximate surface area is 148 Å². The summed E-state index contributed by atoms with van der Waals surface area (Å²) in [7, 11) is 1.80. The standard InChI is InChI=1S/C19H17FN2O2S/c1-21-10-16-18(23)14-11-24-19(15(14)9-22-16,17-3-2-8-25-17)12-4-6-13(20)7-5-12/h2-9,21,23H,10-11H2,1H3. The lowest BCUT2D eigenvalue weighted by Crippen LogP contribution is -2.27. The van der Waals surface area contributed by atoms with Gasteiger partial charge < -0.3 is 15.2 Å². The highest BCUT2D eigenvalue weighted by Gasteiger charge is 2.46. The van der Waals surface area contributed by atoms with Crippen LogP contribution in [0.3, 0.4) is 0 Å². The summed E-state index contributed by atoms with van der Waals surface area (Å²) in [5, 5.41) is 15.6. The number of aromatic hydroxyl groups is 1. The van der Waals surface area contributed by atoms with Crippen molar-refractivity contribution in [2.45, 2.75) is 18.8 Å². The van der Waals surface area contributed by atoms with E-state index in [-0.39, 0.29) is 18.2 Å². The second-order valence-corrected chi connectivity index (χ2v) is 6.88. The van der Waals surface area contributed by atoms with E-state index in [1.807, 2.05) is 17.5 Å². The number of benzene rings is 1. The Balaban J connectivity index is 1.95. The molecule has 0 aliphatic carbocycles. The van der Waals surface area contributed by atoms with Gasteiger partial charge in [-0.05, 0) is 36.2 Å². The van der Waals surface area contributed by atoms with Crippen LogP contribution >= 0.6 is 11.3 Å². The number of nitrogens with zero attached hydrogens (tertiary/aromatic N) is 1. The van der Waals surface area contributed by atoms with E-state index in [0.717, 1.165) is 21.6 Å². The van der Waals surface area contributed by atoms with Crippen molar-refractivity contribution in [3.8, 4) is 5.75 Å². The van der Waals surface area contributed by atoms with E-state index < -0.39 is 5.60 Å². The molecule has 1 atom stereocenters. The molecular formula is C19H17FN2O2S. The van der Waals surface area contributed by atoms with E-state index in [0.29, 0.717) is 12.2 Å². The van der Waals surface area contributed by atoms with Gasteiger partial charge in [-0.1, -0.05) is 18.2 Å². The third kappa shape index (κ3) is 2.45. The van der Waals surface area contributed by atoms with Crippen LogP contribution < -0.4 is 5.32 Å². The van der Waals surface area contributed by atoms with Gasteiger partial charge in [0.1, 0.15) is 11.6 Å². The van der Waals surface area contributed by atoms with Crippen LogP contribution in [0.2, 0.25) is 0 Å². The van der Waals surface area contributed by atoms with Crippen LogP contribution in [0.5, 0.6) is 5.75 Å². The Morgan fingerprint density at radius 1 is 1.32 bits per heavy atom. The van der Waals surface area contributed by atoms with Crippen molar-refractivity contribution in [3.63, 3.8) is 0 Å². The maximum atomic E-state index is 13.4. The molecule has 0 fully saturated rings. The van der Waals surface area contributed by atoms with Crippen LogP contribution in [-0.2, 0) is 23.5 Å². The van der Waals surface area contributed by atoms with E-state index in [9.17, 15) is 9.50 Å². The zero-order valence-electron chi connectivity index (χ0n) is 13.6. The van der Waals surface area contributed by atoms with Gasteiger partial charge in [-0.3, -0.25) is 4.98 Å². The van der Waals surface area contributed by atoms with Crippen LogP contribution in [0.1, 0.15) is 27.3 Å². The molecule has 3 aromatic rings. The van der Waals surface area contributed by atoms with Gasteiger partial charge in [-0.25, -0.2) is 4.39 Å². The molecule has 0 amide bonds. The van der Waals surface area contributed by atoms with Crippen molar-refractivity contribution < 1.29 is 14.2 Å². The molecule has 0 saturated heterocycles. The molecule has 4 nitrogen and oxygen atoms in total. The largest absolute Gasteiger partial charge is 0.506 e. The molecule has 3 heterocycles. The third-order valence-corrected chi connectivity index (χ3v) is 5.48. The Morgan fingerprint density at radius 2 is 2.12 bits per heavy atom. The number of pyridine rings is 1. The van der Waals surface area contributed by atoms with Gasteiger partial charge in [0.05, 0.1) is 12.3 Å². The highest BCUT2D eigenvalue weighted by Crippen LogP contribution is 2.50. The average Bonchev–Trinajstić information content (AvgIpc) is 3.27. The van der Waals surface area contributed by atoms with E-state index in [1.165, 1.54) is 12.1 Å². The fourth-order valence-electron chi connectivity index (χ4n) is 3.34. The maximum Gasteiger partial charge on any atom is 0.155 e. The molecule has 2 N–H and O–H groups in total. The molecule has 25 heavy (non-hydrogen) atoms. The van der Waals surface area contributed by atoms with Crippen molar-refractivity contribution in [2.75, 3.05) is 7.05 Å². The van der Waals surface area contributed by atoms with Crippen molar-refractivity contribution in [3.05, 3.63) is 81.1 Å². The first-order valence-electron chi connectivity index (χ1n) is 7.95. The predicted molar refractivity (Wildman–Crippen MR) is 94.1 cm³/mol. The van der Waals surface area contributed by atoms with Crippen molar-refractivity contribution >= 4 is 11.3 Å². The summed E-state index contributed by atoms with van der Waals surface area (Å²) in [6.07, 6.45) is 1.76. The third-order valence-electron chi connectivity index (χ3n) is 4.51. The smallest absolute Gasteiger partial charge is 0.155 e. The monoisotopic (exact) mass is 356 g/mol. The maximum absolute atomic E-state index is 13.4. The summed E-state index contributed by atoms with van der Waals surface area (Å²) in [6.45, 7) is 0.747. The molecule has 0 saturated carbocycles. The summed E-state index contributed by atoms with van der Waals surface area (Å²) >= 11 is 1.56. The molecule has 1 aromatic carbocycles. The quantitative estimate of drug-likeness (QED) is 0.751. The lowest BCUT2D eigenvalue weighted by Gasteiger charge is -2.29. The SMILES string of the molecule is CNCc1ncc2c(c1O)COC2(c1ccc(F)cc1)c1cccs1. The summed E-state index contributed by atoms with van der Waals surface area (Å²) in [4.78, 5) is 5.40. The summed E-state index contributed by atoms with van der Waals surface area (Å²) in [5.41, 5.74) is 2.07. The second-order valence-electron chi connectivity index (χ2n) is 5.93. The van der Waals surface area contributed by atoms with Crippen molar-refractivity contribution in [1.29, 1.82) is 0 Å².